The van der Waals surface area contributed by atoms with Gasteiger partial charge in [0.25, 0.3) is 11.6 Å². The number of benzene rings is 2. The lowest BCUT2D eigenvalue weighted by Crippen LogP contribution is -2.17. The first kappa shape index (κ1) is 20.1. The summed E-state index contributed by atoms with van der Waals surface area (Å²) in [7, 11) is 0. The fourth-order valence-corrected chi connectivity index (χ4v) is 2.42. The Bertz CT molecular complexity index is 805. The topological polar surface area (TPSA) is 93.8 Å². The molecule has 0 aliphatic heterocycles. The van der Waals surface area contributed by atoms with Gasteiger partial charge in [0.1, 0.15) is 5.75 Å². The Morgan fingerprint density at radius 1 is 1.19 bits per heavy atom. The summed E-state index contributed by atoms with van der Waals surface area (Å²) in [6.45, 7) is 2.79. The van der Waals surface area contributed by atoms with E-state index in [1.807, 2.05) is 24.3 Å². The average Bonchev–Trinajstić information content (AvgIpc) is 2.69. The zero-order chi connectivity index (χ0) is 19.5. The number of nitrogens with zero attached hydrogens (tertiary/aromatic N) is 2. The lowest BCUT2D eigenvalue weighted by Gasteiger charge is -2.08. The van der Waals surface area contributed by atoms with Crippen molar-refractivity contribution < 1.29 is 14.5 Å². The van der Waals surface area contributed by atoms with Crippen molar-refractivity contribution in [2.24, 2.45) is 5.10 Å². The van der Waals surface area contributed by atoms with Crippen molar-refractivity contribution in [3.8, 4) is 5.75 Å². The van der Waals surface area contributed by atoms with Gasteiger partial charge in [-0.15, -0.1) is 0 Å². The van der Waals surface area contributed by atoms with Crippen LogP contribution in [-0.4, -0.2) is 23.7 Å². The number of nitrogens with one attached hydrogen (secondary N) is 1. The maximum atomic E-state index is 12.1. The molecule has 0 saturated heterocycles. The minimum absolute atomic E-state index is 0.145. The van der Waals surface area contributed by atoms with Gasteiger partial charge in [0.05, 0.1) is 17.7 Å². The van der Waals surface area contributed by atoms with E-state index < -0.39 is 10.8 Å². The fourth-order valence-electron chi connectivity index (χ4n) is 2.42. The summed E-state index contributed by atoms with van der Waals surface area (Å²) >= 11 is 0. The molecule has 0 radical (unpaired) electrons. The molecule has 0 aliphatic carbocycles. The second-order valence-corrected chi connectivity index (χ2v) is 5.95. The quantitative estimate of drug-likeness (QED) is 0.292. The number of rotatable bonds is 10. The minimum Gasteiger partial charge on any atom is -0.493 e. The standard InChI is InChI=1S/C20H23N3O4/c1-2-3-4-7-13-27-19-12-6-5-9-17(19)15-21-22-20(24)16-10-8-11-18(14-16)23(25)26/h5-6,8-12,14-15H,2-4,7,13H2,1H3,(H,22,24)/b21-15+. The number of carbonyl (C=O) groups excluding carboxylic acids is 1. The molecule has 7 heteroatoms. The zero-order valence-corrected chi connectivity index (χ0v) is 15.3. The normalized spacial score (nSPS) is 10.7. The van der Waals surface area contributed by atoms with E-state index in [2.05, 4.69) is 17.5 Å². The van der Waals surface area contributed by atoms with E-state index in [9.17, 15) is 14.9 Å². The van der Waals surface area contributed by atoms with Gasteiger partial charge in [0, 0.05) is 23.3 Å². The summed E-state index contributed by atoms with van der Waals surface area (Å²) in [5.41, 5.74) is 3.14. The zero-order valence-electron chi connectivity index (χ0n) is 15.3. The summed E-state index contributed by atoms with van der Waals surface area (Å²) in [6, 6.07) is 12.9. The van der Waals surface area contributed by atoms with Crippen molar-refractivity contribution in [3.05, 3.63) is 69.8 Å². The lowest BCUT2D eigenvalue weighted by molar-refractivity contribution is -0.384. The second kappa shape index (κ2) is 10.7. The van der Waals surface area contributed by atoms with Gasteiger partial charge >= 0.3 is 0 Å². The van der Waals surface area contributed by atoms with Gasteiger partial charge in [-0.2, -0.15) is 5.10 Å². The predicted molar refractivity (Wildman–Crippen MR) is 104 cm³/mol. The Balaban J connectivity index is 1.94. The van der Waals surface area contributed by atoms with Gasteiger partial charge < -0.3 is 4.74 Å². The third-order valence-corrected chi connectivity index (χ3v) is 3.86. The summed E-state index contributed by atoms with van der Waals surface area (Å²) in [5.74, 6) is 0.176. The molecular weight excluding hydrogens is 346 g/mol. The van der Waals surface area contributed by atoms with Crippen LogP contribution in [-0.2, 0) is 0 Å². The highest BCUT2D eigenvalue weighted by Gasteiger charge is 2.10. The van der Waals surface area contributed by atoms with Crippen LogP contribution in [0.2, 0.25) is 0 Å². The number of nitro benzene ring substituents is 1. The van der Waals surface area contributed by atoms with Crippen LogP contribution in [0, 0.1) is 10.1 Å². The summed E-state index contributed by atoms with van der Waals surface area (Å²) in [4.78, 5) is 22.3. The molecule has 7 nitrogen and oxygen atoms in total. The first-order valence-corrected chi connectivity index (χ1v) is 8.91. The van der Waals surface area contributed by atoms with E-state index >= 15 is 0 Å². The summed E-state index contributed by atoms with van der Waals surface area (Å²) < 4.78 is 5.79. The average molecular weight is 369 g/mol. The van der Waals surface area contributed by atoms with E-state index in [1.165, 1.54) is 43.3 Å². The number of nitro groups is 1. The molecule has 1 amide bonds. The Labute approximate surface area is 158 Å². The molecule has 0 spiro atoms. The smallest absolute Gasteiger partial charge is 0.271 e. The third kappa shape index (κ3) is 6.54. The molecule has 0 saturated carbocycles. The molecule has 2 aromatic rings. The molecule has 0 aromatic heterocycles. The number of amides is 1. The van der Waals surface area contributed by atoms with Crippen molar-refractivity contribution in [2.75, 3.05) is 6.61 Å². The molecule has 2 rings (SSSR count). The number of non-ortho nitro benzene ring substituents is 1. The van der Waals surface area contributed by atoms with Crippen LogP contribution in [0.15, 0.2) is 53.6 Å². The van der Waals surface area contributed by atoms with Gasteiger partial charge in [-0.1, -0.05) is 44.4 Å². The molecule has 0 bridgehead atoms. The molecule has 0 heterocycles. The molecule has 2 aromatic carbocycles. The van der Waals surface area contributed by atoms with Gasteiger partial charge in [-0.3, -0.25) is 14.9 Å². The van der Waals surface area contributed by atoms with Gasteiger partial charge in [-0.25, -0.2) is 5.43 Å². The van der Waals surface area contributed by atoms with Crippen LogP contribution in [0.5, 0.6) is 5.75 Å². The third-order valence-electron chi connectivity index (χ3n) is 3.86. The van der Waals surface area contributed by atoms with Crippen molar-refractivity contribution in [3.63, 3.8) is 0 Å². The summed E-state index contributed by atoms with van der Waals surface area (Å²) in [6.07, 6.45) is 5.98. The number of hydrogen-bond acceptors (Lipinski definition) is 5. The van der Waals surface area contributed by atoms with E-state index in [0.717, 1.165) is 18.4 Å². The Hall–Kier alpha value is -3.22. The number of para-hydroxylation sites is 1. The van der Waals surface area contributed by atoms with E-state index in [4.69, 9.17) is 4.74 Å². The maximum absolute atomic E-state index is 12.1. The van der Waals surface area contributed by atoms with Crippen molar-refractivity contribution in [2.45, 2.75) is 32.6 Å². The van der Waals surface area contributed by atoms with E-state index in [0.29, 0.717) is 12.4 Å². The van der Waals surface area contributed by atoms with Crippen LogP contribution in [0.4, 0.5) is 5.69 Å². The van der Waals surface area contributed by atoms with Crippen molar-refractivity contribution in [1.29, 1.82) is 0 Å². The maximum Gasteiger partial charge on any atom is 0.271 e. The Morgan fingerprint density at radius 2 is 2.00 bits per heavy atom. The van der Waals surface area contributed by atoms with Crippen LogP contribution in [0.1, 0.15) is 48.5 Å². The number of hydrazone groups is 1. The highest BCUT2D eigenvalue weighted by molar-refractivity contribution is 5.95. The monoisotopic (exact) mass is 369 g/mol. The highest BCUT2D eigenvalue weighted by atomic mass is 16.6. The largest absolute Gasteiger partial charge is 0.493 e. The summed E-state index contributed by atoms with van der Waals surface area (Å²) in [5, 5.41) is 14.7. The van der Waals surface area contributed by atoms with Gasteiger partial charge in [0.15, 0.2) is 0 Å². The molecule has 0 aliphatic rings. The first-order chi connectivity index (χ1) is 13.1. The van der Waals surface area contributed by atoms with Crippen LogP contribution < -0.4 is 10.2 Å². The fraction of sp³-hybridized carbons (Fsp3) is 0.300. The molecule has 27 heavy (non-hydrogen) atoms. The molecule has 0 fully saturated rings. The first-order valence-electron chi connectivity index (χ1n) is 8.91. The number of ether oxygens (including phenoxy) is 1. The number of hydrogen-bond donors (Lipinski definition) is 1. The number of unbranched alkanes of at least 4 members (excludes halogenated alkanes) is 3. The Morgan fingerprint density at radius 3 is 2.78 bits per heavy atom. The predicted octanol–water partition coefficient (Wildman–Crippen LogP) is 4.32. The van der Waals surface area contributed by atoms with Crippen LogP contribution >= 0.6 is 0 Å². The Kier molecular flexibility index (Phi) is 7.96. The van der Waals surface area contributed by atoms with Gasteiger partial charge in [0.2, 0.25) is 0 Å². The molecule has 0 unspecified atom stereocenters. The van der Waals surface area contributed by atoms with Crippen LogP contribution in [0.25, 0.3) is 0 Å². The highest BCUT2D eigenvalue weighted by Crippen LogP contribution is 2.17. The lowest BCUT2D eigenvalue weighted by atomic mass is 10.2. The molecular formula is C20H23N3O4. The SMILES string of the molecule is CCCCCCOc1ccccc1/C=N/NC(=O)c1cccc([N+](=O)[O-])c1. The van der Waals surface area contributed by atoms with Gasteiger partial charge in [-0.05, 0) is 24.6 Å². The molecule has 1 N–H and O–H groups in total. The van der Waals surface area contributed by atoms with Crippen molar-refractivity contribution in [1.82, 2.24) is 5.43 Å². The number of carbonyl (C=O) groups is 1. The second-order valence-electron chi connectivity index (χ2n) is 5.95. The van der Waals surface area contributed by atoms with E-state index in [-0.39, 0.29) is 11.3 Å². The minimum atomic E-state index is -0.547. The van der Waals surface area contributed by atoms with Crippen LogP contribution in [0.3, 0.4) is 0 Å². The molecule has 0 atom stereocenters. The van der Waals surface area contributed by atoms with E-state index in [1.54, 1.807) is 0 Å². The molecule has 142 valence electrons. The van der Waals surface area contributed by atoms with Crippen molar-refractivity contribution >= 4 is 17.8 Å².